The number of likely N-dealkylation sites (N-methyl/N-ethyl adjacent to an activating group) is 1. The molecular formula is C17H25N3O3S. The second kappa shape index (κ2) is 7.21. The lowest BCUT2D eigenvalue weighted by Gasteiger charge is -2.24. The third kappa shape index (κ3) is 3.79. The fourth-order valence-electron chi connectivity index (χ4n) is 3.19. The lowest BCUT2D eigenvalue weighted by molar-refractivity contribution is -0.124. The van der Waals surface area contributed by atoms with Gasteiger partial charge in [-0.2, -0.15) is 4.31 Å². The van der Waals surface area contributed by atoms with Crippen LogP contribution in [0.2, 0.25) is 0 Å². The van der Waals surface area contributed by atoms with E-state index in [9.17, 15) is 13.2 Å². The summed E-state index contributed by atoms with van der Waals surface area (Å²) < 4.78 is 26.9. The van der Waals surface area contributed by atoms with Crippen molar-refractivity contribution >= 4 is 15.9 Å². The van der Waals surface area contributed by atoms with Crippen LogP contribution in [-0.2, 0) is 14.8 Å². The molecule has 0 bridgehead atoms. The van der Waals surface area contributed by atoms with Crippen LogP contribution >= 0.6 is 0 Å². The normalized spacial score (nSPS) is 22.0. The molecule has 24 heavy (non-hydrogen) atoms. The standard InChI is InChI=1S/C17H25N3O3S/c1-19(14-9-10-14)13-11-18-17(21)16-8-5-12-20(16)24(22,23)15-6-3-2-4-7-15/h2-4,6-7,14,16H,5,8-13H2,1H3,(H,18,21). The average molecular weight is 351 g/mol. The largest absolute Gasteiger partial charge is 0.353 e. The minimum absolute atomic E-state index is 0.184. The molecule has 7 heteroatoms. The summed E-state index contributed by atoms with van der Waals surface area (Å²) in [5.74, 6) is -0.184. The first-order valence-electron chi connectivity index (χ1n) is 8.55. The van der Waals surface area contributed by atoms with E-state index >= 15 is 0 Å². The second-order valence-electron chi connectivity index (χ2n) is 6.59. The zero-order valence-electron chi connectivity index (χ0n) is 14.0. The molecule has 0 aromatic heterocycles. The van der Waals surface area contributed by atoms with Gasteiger partial charge in [0.15, 0.2) is 0 Å². The topological polar surface area (TPSA) is 69.7 Å². The SMILES string of the molecule is CN(CCNC(=O)C1CCCN1S(=O)(=O)c1ccccc1)C1CC1. The number of carbonyl (C=O) groups excluding carboxylic acids is 1. The predicted octanol–water partition coefficient (Wildman–Crippen LogP) is 1.05. The number of hydrogen-bond donors (Lipinski definition) is 1. The van der Waals surface area contributed by atoms with Gasteiger partial charge in [-0.15, -0.1) is 0 Å². The molecule has 1 saturated heterocycles. The molecule has 1 heterocycles. The number of carbonyl (C=O) groups is 1. The van der Waals surface area contributed by atoms with Gasteiger partial charge in [0, 0.05) is 25.7 Å². The van der Waals surface area contributed by atoms with Crippen LogP contribution in [0.1, 0.15) is 25.7 Å². The second-order valence-corrected chi connectivity index (χ2v) is 8.48. The van der Waals surface area contributed by atoms with Crippen molar-refractivity contribution in [3.63, 3.8) is 0 Å². The Labute approximate surface area is 143 Å². The van der Waals surface area contributed by atoms with Gasteiger partial charge in [-0.05, 0) is 44.9 Å². The van der Waals surface area contributed by atoms with Crippen LogP contribution in [0.4, 0.5) is 0 Å². The number of rotatable bonds is 7. The molecule has 132 valence electrons. The van der Waals surface area contributed by atoms with Gasteiger partial charge in [0.2, 0.25) is 15.9 Å². The van der Waals surface area contributed by atoms with Crippen LogP contribution in [0.25, 0.3) is 0 Å². The Morgan fingerprint density at radius 2 is 1.96 bits per heavy atom. The molecule has 1 aromatic carbocycles. The quantitative estimate of drug-likeness (QED) is 0.797. The van der Waals surface area contributed by atoms with E-state index in [-0.39, 0.29) is 10.8 Å². The number of nitrogens with zero attached hydrogens (tertiary/aromatic N) is 2. The van der Waals surface area contributed by atoms with Crippen LogP contribution < -0.4 is 5.32 Å². The van der Waals surface area contributed by atoms with Gasteiger partial charge < -0.3 is 10.2 Å². The number of amides is 1. The maximum Gasteiger partial charge on any atom is 0.243 e. The fraction of sp³-hybridized carbons (Fsp3) is 0.588. The van der Waals surface area contributed by atoms with Crippen molar-refractivity contribution in [1.29, 1.82) is 0 Å². The van der Waals surface area contributed by atoms with Crippen molar-refractivity contribution in [2.75, 3.05) is 26.7 Å². The Bertz CT molecular complexity index is 674. The number of sulfonamides is 1. The lowest BCUT2D eigenvalue weighted by atomic mass is 10.2. The first kappa shape index (κ1) is 17.4. The molecule has 3 rings (SSSR count). The van der Waals surface area contributed by atoms with E-state index in [1.165, 1.54) is 17.1 Å². The van der Waals surface area contributed by atoms with Crippen LogP contribution in [0.15, 0.2) is 35.2 Å². The molecule has 2 fully saturated rings. The molecule has 2 aliphatic rings. The highest BCUT2D eigenvalue weighted by atomic mass is 32.2. The van der Waals surface area contributed by atoms with Gasteiger partial charge in [0.1, 0.15) is 6.04 Å². The van der Waals surface area contributed by atoms with Gasteiger partial charge in [-0.3, -0.25) is 4.79 Å². The maximum atomic E-state index is 12.8. The van der Waals surface area contributed by atoms with E-state index < -0.39 is 16.1 Å². The summed E-state index contributed by atoms with van der Waals surface area (Å²) in [6.07, 6.45) is 3.76. The van der Waals surface area contributed by atoms with Crippen LogP contribution in [0.3, 0.4) is 0 Å². The first-order chi connectivity index (χ1) is 11.5. The van der Waals surface area contributed by atoms with Gasteiger partial charge in [0.05, 0.1) is 4.90 Å². The van der Waals surface area contributed by atoms with Crippen molar-refractivity contribution in [1.82, 2.24) is 14.5 Å². The summed E-state index contributed by atoms with van der Waals surface area (Å²) in [6.45, 7) is 1.76. The maximum absolute atomic E-state index is 12.8. The Kier molecular flexibility index (Phi) is 5.22. The molecule has 1 N–H and O–H groups in total. The average Bonchev–Trinajstić information content (AvgIpc) is 3.31. The Hall–Kier alpha value is -1.44. The zero-order valence-corrected chi connectivity index (χ0v) is 14.8. The van der Waals surface area contributed by atoms with Crippen LogP contribution in [-0.4, -0.2) is 62.3 Å². The van der Waals surface area contributed by atoms with Gasteiger partial charge in [0.25, 0.3) is 0 Å². The smallest absolute Gasteiger partial charge is 0.243 e. The molecule has 1 aliphatic carbocycles. The first-order valence-corrected chi connectivity index (χ1v) is 9.99. The lowest BCUT2D eigenvalue weighted by Crippen LogP contribution is -2.47. The summed E-state index contributed by atoms with van der Waals surface area (Å²) in [6, 6.07) is 8.39. The molecule has 1 amide bonds. The Morgan fingerprint density at radius 1 is 1.25 bits per heavy atom. The predicted molar refractivity (Wildman–Crippen MR) is 92.0 cm³/mol. The van der Waals surface area contributed by atoms with Crippen LogP contribution in [0.5, 0.6) is 0 Å². The highest BCUT2D eigenvalue weighted by Gasteiger charge is 2.39. The molecule has 0 radical (unpaired) electrons. The van der Waals surface area contributed by atoms with Gasteiger partial charge in [-0.1, -0.05) is 18.2 Å². The fourth-order valence-corrected chi connectivity index (χ4v) is 4.87. The zero-order chi connectivity index (χ0) is 17.2. The van der Waals surface area contributed by atoms with Crippen molar-refractivity contribution in [3.8, 4) is 0 Å². The Balaban J connectivity index is 1.61. The number of nitrogens with one attached hydrogen (secondary N) is 1. The molecule has 1 saturated carbocycles. The molecule has 6 nitrogen and oxygen atoms in total. The number of benzene rings is 1. The van der Waals surface area contributed by atoms with E-state index in [4.69, 9.17) is 0 Å². The van der Waals surface area contributed by atoms with Crippen molar-refractivity contribution in [3.05, 3.63) is 30.3 Å². The van der Waals surface area contributed by atoms with E-state index in [1.54, 1.807) is 30.3 Å². The summed E-state index contributed by atoms with van der Waals surface area (Å²) >= 11 is 0. The monoisotopic (exact) mass is 351 g/mol. The van der Waals surface area contributed by atoms with Gasteiger partial charge in [-0.25, -0.2) is 8.42 Å². The third-order valence-corrected chi connectivity index (χ3v) is 6.71. The molecule has 1 atom stereocenters. The summed E-state index contributed by atoms with van der Waals surface area (Å²) in [7, 11) is -1.55. The minimum Gasteiger partial charge on any atom is -0.353 e. The highest BCUT2D eigenvalue weighted by Crippen LogP contribution is 2.26. The third-order valence-electron chi connectivity index (χ3n) is 4.79. The van der Waals surface area contributed by atoms with Gasteiger partial charge >= 0.3 is 0 Å². The van der Waals surface area contributed by atoms with Crippen molar-refractivity contribution in [2.24, 2.45) is 0 Å². The molecule has 1 aliphatic heterocycles. The molecular weight excluding hydrogens is 326 g/mol. The summed E-state index contributed by atoms with van der Waals surface area (Å²) in [5, 5.41) is 2.90. The summed E-state index contributed by atoms with van der Waals surface area (Å²) in [5.41, 5.74) is 0. The molecule has 0 spiro atoms. The van der Waals surface area contributed by atoms with Crippen molar-refractivity contribution < 1.29 is 13.2 Å². The highest BCUT2D eigenvalue weighted by molar-refractivity contribution is 7.89. The molecule has 1 aromatic rings. The van der Waals surface area contributed by atoms with E-state index in [1.807, 2.05) is 0 Å². The minimum atomic E-state index is -3.62. The summed E-state index contributed by atoms with van der Waals surface area (Å²) in [4.78, 5) is 15.0. The van der Waals surface area contributed by atoms with Crippen LogP contribution in [0, 0.1) is 0 Å². The Morgan fingerprint density at radius 3 is 2.62 bits per heavy atom. The molecule has 1 unspecified atom stereocenters. The van der Waals surface area contributed by atoms with Crippen molar-refractivity contribution in [2.45, 2.75) is 42.7 Å². The van der Waals surface area contributed by atoms with E-state index in [0.717, 1.165) is 6.54 Å². The van der Waals surface area contributed by atoms with E-state index in [0.29, 0.717) is 32.0 Å². The van der Waals surface area contributed by atoms with E-state index in [2.05, 4.69) is 17.3 Å². The number of hydrogen-bond acceptors (Lipinski definition) is 4.